The molecule has 1 aromatic heterocycles. The zero-order valence-corrected chi connectivity index (χ0v) is 13.8. The van der Waals surface area contributed by atoms with Crippen LogP contribution in [-0.4, -0.2) is 33.1 Å². The Morgan fingerprint density at radius 1 is 1.43 bits per heavy atom. The lowest BCUT2D eigenvalue weighted by Gasteiger charge is -2.31. The van der Waals surface area contributed by atoms with Gasteiger partial charge in [-0.1, -0.05) is 20.3 Å². The molecule has 0 aliphatic carbocycles. The molecule has 1 aliphatic heterocycles. The van der Waals surface area contributed by atoms with Gasteiger partial charge in [-0.3, -0.25) is 4.68 Å². The SMILES string of the molecule is CCC(CC)n1ccc(CC(C)(O)CC2CCCCN2)n1. The van der Waals surface area contributed by atoms with Gasteiger partial charge in [-0.25, -0.2) is 0 Å². The molecule has 2 unspecified atom stereocenters. The van der Waals surface area contributed by atoms with E-state index < -0.39 is 5.60 Å². The van der Waals surface area contributed by atoms with Gasteiger partial charge in [0.1, 0.15) is 0 Å². The van der Waals surface area contributed by atoms with Crippen molar-refractivity contribution in [1.82, 2.24) is 15.1 Å². The minimum Gasteiger partial charge on any atom is -0.390 e. The smallest absolute Gasteiger partial charge is 0.0690 e. The summed E-state index contributed by atoms with van der Waals surface area (Å²) in [6, 6.07) is 2.99. The fourth-order valence-corrected chi connectivity index (χ4v) is 3.43. The van der Waals surface area contributed by atoms with E-state index in [0.717, 1.165) is 31.5 Å². The van der Waals surface area contributed by atoms with Crippen molar-refractivity contribution in [2.75, 3.05) is 6.54 Å². The molecule has 2 rings (SSSR count). The summed E-state index contributed by atoms with van der Waals surface area (Å²) in [5, 5.41) is 18.9. The Labute approximate surface area is 128 Å². The number of nitrogens with zero attached hydrogens (tertiary/aromatic N) is 2. The van der Waals surface area contributed by atoms with Gasteiger partial charge in [0.15, 0.2) is 0 Å². The number of aliphatic hydroxyl groups is 1. The van der Waals surface area contributed by atoms with Crippen LogP contribution >= 0.6 is 0 Å². The molecule has 0 saturated carbocycles. The molecule has 2 heterocycles. The summed E-state index contributed by atoms with van der Waals surface area (Å²) in [5.74, 6) is 0. The van der Waals surface area contributed by atoms with Gasteiger partial charge in [-0.2, -0.15) is 5.10 Å². The molecule has 0 spiro atoms. The molecular formula is C17H31N3O. The van der Waals surface area contributed by atoms with E-state index in [1.54, 1.807) is 0 Å². The average molecular weight is 293 g/mol. The second kappa shape index (κ2) is 7.41. The highest BCUT2D eigenvalue weighted by molar-refractivity contribution is 5.04. The highest BCUT2D eigenvalue weighted by Gasteiger charge is 2.27. The van der Waals surface area contributed by atoms with Crippen LogP contribution in [0.3, 0.4) is 0 Å². The van der Waals surface area contributed by atoms with Gasteiger partial charge in [0.2, 0.25) is 0 Å². The van der Waals surface area contributed by atoms with E-state index in [1.807, 2.05) is 6.92 Å². The van der Waals surface area contributed by atoms with Crippen molar-refractivity contribution in [3.05, 3.63) is 18.0 Å². The topological polar surface area (TPSA) is 50.1 Å². The van der Waals surface area contributed by atoms with Crippen LogP contribution < -0.4 is 5.32 Å². The summed E-state index contributed by atoms with van der Waals surface area (Å²) in [7, 11) is 0. The minimum absolute atomic E-state index is 0.454. The Hall–Kier alpha value is -0.870. The standard InChI is InChI=1S/C17H31N3O/c1-4-16(5-2)20-11-9-15(19-20)13-17(3,21)12-14-8-6-7-10-18-14/h9,11,14,16,18,21H,4-8,10,12-13H2,1-3H3. The van der Waals surface area contributed by atoms with Gasteiger partial charge in [0, 0.05) is 18.7 Å². The largest absolute Gasteiger partial charge is 0.390 e. The second-order valence-electron chi connectivity index (χ2n) is 6.78. The second-order valence-corrected chi connectivity index (χ2v) is 6.78. The van der Waals surface area contributed by atoms with Crippen molar-refractivity contribution in [2.45, 2.75) is 83.4 Å². The number of hydrogen-bond acceptors (Lipinski definition) is 3. The van der Waals surface area contributed by atoms with Crippen LogP contribution in [-0.2, 0) is 6.42 Å². The summed E-state index contributed by atoms with van der Waals surface area (Å²) in [6.45, 7) is 7.42. The molecule has 1 fully saturated rings. The van der Waals surface area contributed by atoms with E-state index in [1.165, 1.54) is 19.3 Å². The first-order valence-electron chi connectivity index (χ1n) is 8.54. The quantitative estimate of drug-likeness (QED) is 0.812. The van der Waals surface area contributed by atoms with Crippen LogP contribution in [0.5, 0.6) is 0 Å². The summed E-state index contributed by atoms with van der Waals surface area (Å²) in [4.78, 5) is 0. The fraction of sp³-hybridized carbons (Fsp3) is 0.824. The summed E-state index contributed by atoms with van der Waals surface area (Å²) < 4.78 is 2.06. The van der Waals surface area contributed by atoms with E-state index >= 15 is 0 Å². The number of aromatic nitrogens is 2. The van der Waals surface area contributed by atoms with Crippen LogP contribution in [0.1, 0.15) is 71.0 Å². The van der Waals surface area contributed by atoms with E-state index in [2.05, 4.69) is 41.2 Å². The maximum Gasteiger partial charge on any atom is 0.0690 e. The average Bonchev–Trinajstić information content (AvgIpc) is 2.88. The van der Waals surface area contributed by atoms with Crippen LogP contribution in [0.25, 0.3) is 0 Å². The van der Waals surface area contributed by atoms with Crippen molar-refractivity contribution < 1.29 is 5.11 Å². The molecule has 21 heavy (non-hydrogen) atoms. The Kier molecular flexibility index (Phi) is 5.82. The number of nitrogens with one attached hydrogen (secondary N) is 1. The molecule has 0 amide bonds. The third kappa shape index (κ3) is 4.82. The molecule has 1 saturated heterocycles. The molecule has 2 N–H and O–H groups in total. The minimum atomic E-state index is -0.678. The third-order valence-corrected chi connectivity index (χ3v) is 4.64. The molecular weight excluding hydrogens is 262 g/mol. The van der Waals surface area contributed by atoms with Crippen LogP contribution in [0.4, 0.5) is 0 Å². The first-order valence-corrected chi connectivity index (χ1v) is 8.54. The van der Waals surface area contributed by atoms with Crippen LogP contribution in [0, 0.1) is 0 Å². The Balaban J connectivity index is 1.92. The zero-order chi connectivity index (χ0) is 15.3. The van der Waals surface area contributed by atoms with Crippen molar-refractivity contribution >= 4 is 0 Å². The lowest BCUT2D eigenvalue weighted by Crippen LogP contribution is -2.42. The Bertz CT molecular complexity index is 417. The number of rotatable bonds is 7. The van der Waals surface area contributed by atoms with Gasteiger partial charge in [-0.15, -0.1) is 0 Å². The predicted octanol–water partition coefficient (Wildman–Crippen LogP) is 3.07. The summed E-state index contributed by atoms with van der Waals surface area (Å²) in [5.41, 5.74) is 0.324. The first-order chi connectivity index (χ1) is 10.0. The molecule has 0 aromatic carbocycles. The maximum atomic E-state index is 10.7. The number of hydrogen-bond donors (Lipinski definition) is 2. The third-order valence-electron chi connectivity index (χ3n) is 4.64. The molecule has 120 valence electrons. The molecule has 1 aliphatic rings. The van der Waals surface area contributed by atoms with Gasteiger partial charge >= 0.3 is 0 Å². The number of piperidine rings is 1. The van der Waals surface area contributed by atoms with E-state index in [-0.39, 0.29) is 0 Å². The predicted molar refractivity (Wildman–Crippen MR) is 86.4 cm³/mol. The van der Waals surface area contributed by atoms with Crippen molar-refractivity contribution in [1.29, 1.82) is 0 Å². The van der Waals surface area contributed by atoms with Gasteiger partial charge < -0.3 is 10.4 Å². The molecule has 0 radical (unpaired) electrons. The normalized spacial score (nSPS) is 22.4. The molecule has 1 aromatic rings. The Morgan fingerprint density at radius 3 is 2.81 bits per heavy atom. The van der Waals surface area contributed by atoms with Gasteiger partial charge in [0.05, 0.1) is 17.3 Å². The maximum absolute atomic E-state index is 10.7. The van der Waals surface area contributed by atoms with Crippen molar-refractivity contribution in [2.24, 2.45) is 0 Å². The van der Waals surface area contributed by atoms with Crippen molar-refractivity contribution in [3.8, 4) is 0 Å². The highest BCUT2D eigenvalue weighted by atomic mass is 16.3. The Morgan fingerprint density at radius 2 is 2.19 bits per heavy atom. The summed E-state index contributed by atoms with van der Waals surface area (Å²) >= 11 is 0. The fourth-order valence-electron chi connectivity index (χ4n) is 3.43. The van der Waals surface area contributed by atoms with E-state index in [9.17, 15) is 5.11 Å². The van der Waals surface area contributed by atoms with Gasteiger partial charge in [-0.05, 0) is 51.6 Å². The highest BCUT2D eigenvalue weighted by Crippen LogP contribution is 2.23. The lowest BCUT2D eigenvalue weighted by atomic mass is 9.88. The van der Waals surface area contributed by atoms with Crippen LogP contribution in [0.15, 0.2) is 12.3 Å². The summed E-state index contributed by atoms with van der Waals surface area (Å²) in [6.07, 6.45) is 9.42. The lowest BCUT2D eigenvalue weighted by molar-refractivity contribution is 0.0360. The first kappa shape index (κ1) is 16.5. The van der Waals surface area contributed by atoms with Crippen molar-refractivity contribution in [3.63, 3.8) is 0 Å². The van der Waals surface area contributed by atoms with Crippen LogP contribution in [0.2, 0.25) is 0 Å². The zero-order valence-electron chi connectivity index (χ0n) is 13.8. The van der Waals surface area contributed by atoms with Gasteiger partial charge in [0.25, 0.3) is 0 Å². The molecule has 4 nitrogen and oxygen atoms in total. The molecule has 0 bridgehead atoms. The molecule has 2 atom stereocenters. The van der Waals surface area contributed by atoms with E-state index in [0.29, 0.717) is 18.5 Å². The molecule has 4 heteroatoms. The van der Waals surface area contributed by atoms with E-state index in [4.69, 9.17) is 0 Å². The monoisotopic (exact) mass is 293 g/mol.